The highest BCUT2D eigenvalue weighted by atomic mass is 16.5. The Balaban J connectivity index is 0. The van der Waals surface area contributed by atoms with Gasteiger partial charge in [0.15, 0.2) is 0 Å². The molecule has 0 aliphatic rings. The van der Waals surface area contributed by atoms with Crippen LogP contribution in [0.2, 0.25) is 0 Å². The Morgan fingerprint density at radius 2 is 1.67 bits per heavy atom. The second-order valence-electron chi connectivity index (χ2n) is 2.75. The van der Waals surface area contributed by atoms with Crippen LogP contribution in [0.5, 0.6) is 0 Å². The van der Waals surface area contributed by atoms with Gasteiger partial charge in [0.05, 0.1) is 6.61 Å². The molecule has 0 rings (SSSR count). The largest absolute Gasteiger partial charge is 0.481 e. The summed E-state index contributed by atoms with van der Waals surface area (Å²) in [6, 6.07) is 0. The number of unbranched alkanes of at least 4 members (excludes halogenated alkanes) is 1. The Kier molecular flexibility index (Phi) is 14.0. The molecule has 0 aliphatic heterocycles. The molecular weight excluding hydrogens is 200 g/mol. The van der Waals surface area contributed by atoms with Crippen LogP contribution in [-0.4, -0.2) is 35.4 Å². The maximum atomic E-state index is 10.5. The maximum absolute atomic E-state index is 10.5. The first kappa shape index (κ1) is 16.3. The van der Waals surface area contributed by atoms with Gasteiger partial charge in [0.25, 0.3) is 0 Å². The predicted octanol–water partition coefficient (Wildman–Crippen LogP) is 1.19. The number of ether oxygens (including phenoxy) is 1. The van der Waals surface area contributed by atoms with Crippen molar-refractivity contribution in [3.8, 4) is 0 Å². The molecule has 5 nitrogen and oxygen atoms in total. The van der Waals surface area contributed by atoms with Crippen LogP contribution in [0.3, 0.4) is 0 Å². The summed E-state index contributed by atoms with van der Waals surface area (Å²) >= 11 is 0. The lowest BCUT2D eigenvalue weighted by Gasteiger charge is -2.00. The third-order valence-electron chi connectivity index (χ3n) is 1.41. The normalized spacial score (nSPS) is 8.73. The van der Waals surface area contributed by atoms with Crippen molar-refractivity contribution >= 4 is 11.9 Å². The number of esters is 1. The van der Waals surface area contributed by atoms with Crippen molar-refractivity contribution in [2.75, 3.05) is 13.2 Å². The maximum Gasteiger partial charge on any atom is 0.305 e. The number of aliphatic hydroxyl groups excluding tert-OH is 1. The second kappa shape index (κ2) is 12.9. The van der Waals surface area contributed by atoms with Gasteiger partial charge in [-0.25, -0.2) is 0 Å². The summed E-state index contributed by atoms with van der Waals surface area (Å²) < 4.78 is 4.74. The number of aliphatic carboxylic acids is 1. The lowest BCUT2D eigenvalue weighted by molar-refractivity contribution is -0.143. The Morgan fingerprint density at radius 1 is 1.13 bits per heavy atom. The van der Waals surface area contributed by atoms with Crippen LogP contribution in [0.4, 0.5) is 0 Å². The fraction of sp³-hybridized carbons (Fsp3) is 0.800. The fourth-order valence-corrected chi connectivity index (χ4v) is 0.502. The molecule has 0 spiro atoms. The molecule has 0 fully saturated rings. The van der Waals surface area contributed by atoms with Crippen molar-refractivity contribution in [2.24, 2.45) is 0 Å². The second-order valence-corrected chi connectivity index (χ2v) is 2.75. The van der Waals surface area contributed by atoms with E-state index in [1.807, 2.05) is 0 Å². The lowest BCUT2D eigenvalue weighted by atomic mass is 10.3. The first-order valence-electron chi connectivity index (χ1n) is 5.06. The Morgan fingerprint density at radius 3 is 2.00 bits per heavy atom. The first-order valence-corrected chi connectivity index (χ1v) is 5.06. The molecule has 0 saturated carbocycles. The van der Waals surface area contributed by atoms with Crippen molar-refractivity contribution < 1.29 is 24.5 Å². The average Bonchev–Trinajstić information content (AvgIpc) is 2.24. The molecule has 0 amide bonds. The lowest BCUT2D eigenvalue weighted by Crippen LogP contribution is -2.04. The molecule has 0 unspecified atom stereocenters. The number of carbonyl (C=O) groups excluding carboxylic acids is 1. The topological polar surface area (TPSA) is 83.8 Å². The number of rotatable bonds is 6. The van der Waals surface area contributed by atoms with Gasteiger partial charge in [-0.2, -0.15) is 0 Å². The Bertz CT molecular complexity index is 167. The SMILES string of the molecule is CCC(=O)O.CCC(=O)OCCCCO. The zero-order chi connectivity index (χ0) is 12.1. The van der Waals surface area contributed by atoms with E-state index in [0.717, 1.165) is 6.42 Å². The van der Waals surface area contributed by atoms with Crippen LogP contribution >= 0.6 is 0 Å². The summed E-state index contributed by atoms with van der Waals surface area (Å²) in [6.07, 6.45) is 2.11. The molecule has 0 aromatic rings. The van der Waals surface area contributed by atoms with Gasteiger partial charge in [-0.15, -0.1) is 0 Å². The number of hydrogen-bond acceptors (Lipinski definition) is 4. The molecule has 5 heteroatoms. The number of hydrogen-bond donors (Lipinski definition) is 2. The number of carbonyl (C=O) groups is 2. The van der Waals surface area contributed by atoms with Gasteiger partial charge in [-0.1, -0.05) is 13.8 Å². The van der Waals surface area contributed by atoms with Crippen molar-refractivity contribution in [2.45, 2.75) is 39.5 Å². The van der Waals surface area contributed by atoms with E-state index in [2.05, 4.69) is 0 Å². The van der Waals surface area contributed by atoms with Crippen LogP contribution in [0.25, 0.3) is 0 Å². The summed E-state index contributed by atoms with van der Waals surface area (Å²) in [5.41, 5.74) is 0. The van der Waals surface area contributed by atoms with Crippen LogP contribution in [0, 0.1) is 0 Å². The minimum absolute atomic E-state index is 0.169. The van der Waals surface area contributed by atoms with Gasteiger partial charge >= 0.3 is 11.9 Å². The van der Waals surface area contributed by atoms with Crippen LogP contribution in [0.15, 0.2) is 0 Å². The van der Waals surface area contributed by atoms with E-state index in [4.69, 9.17) is 14.9 Å². The molecule has 0 aliphatic carbocycles. The van der Waals surface area contributed by atoms with E-state index < -0.39 is 5.97 Å². The van der Waals surface area contributed by atoms with Gasteiger partial charge in [-0.05, 0) is 12.8 Å². The zero-order valence-electron chi connectivity index (χ0n) is 9.36. The summed E-state index contributed by atoms with van der Waals surface area (Å²) in [5.74, 6) is -0.914. The molecule has 0 aromatic carbocycles. The number of carboxylic acid groups (broad SMARTS) is 1. The highest BCUT2D eigenvalue weighted by Gasteiger charge is 1.95. The van der Waals surface area contributed by atoms with E-state index in [9.17, 15) is 9.59 Å². The summed E-state index contributed by atoms with van der Waals surface area (Å²) in [5, 5.41) is 16.1. The Hall–Kier alpha value is -1.10. The minimum atomic E-state index is -0.745. The molecule has 90 valence electrons. The van der Waals surface area contributed by atoms with Crippen molar-refractivity contribution in [1.29, 1.82) is 0 Å². The third kappa shape index (κ3) is 19.3. The number of aliphatic hydroxyl groups is 1. The molecule has 2 N–H and O–H groups in total. The van der Waals surface area contributed by atoms with Crippen molar-refractivity contribution in [1.82, 2.24) is 0 Å². The summed E-state index contributed by atoms with van der Waals surface area (Å²) in [4.78, 5) is 19.9. The molecule has 0 atom stereocenters. The number of carboxylic acids is 1. The molecule has 0 radical (unpaired) electrons. The molecule has 0 bridgehead atoms. The average molecular weight is 220 g/mol. The van der Waals surface area contributed by atoms with Gasteiger partial charge < -0.3 is 14.9 Å². The predicted molar refractivity (Wildman–Crippen MR) is 55.5 cm³/mol. The van der Waals surface area contributed by atoms with E-state index in [0.29, 0.717) is 19.4 Å². The Labute approximate surface area is 90.1 Å². The van der Waals surface area contributed by atoms with Gasteiger partial charge in [-0.3, -0.25) is 9.59 Å². The van der Waals surface area contributed by atoms with E-state index in [1.54, 1.807) is 13.8 Å². The minimum Gasteiger partial charge on any atom is -0.481 e. The van der Waals surface area contributed by atoms with E-state index in [-0.39, 0.29) is 19.0 Å². The van der Waals surface area contributed by atoms with Gasteiger partial charge in [0, 0.05) is 19.4 Å². The highest BCUT2D eigenvalue weighted by molar-refractivity contribution is 5.68. The molecule has 15 heavy (non-hydrogen) atoms. The van der Waals surface area contributed by atoms with Crippen LogP contribution in [-0.2, 0) is 14.3 Å². The standard InChI is InChI=1S/C7H14O3.C3H6O2/c1-2-7(9)10-6-4-3-5-8;1-2-3(4)5/h8H,2-6H2,1H3;2H2,1H3,(H,4,5). The van der Waals surface area contributed by atoms with Crippen molar-refractivity contribution in [3.63, 3.8) is 0 Å². The monoisotopic (exact) mass is 220 g/mol. The summed E-state index contributed by atoms with van der Waals surface area (Å²) in [6.45, 7) is 3.97. The van der Waals surface area contributed by atoms with E-state index in [1.165, 1.54) is 0 Å². The zero-order valence-corrected chi connectivity index (χ0v) is 9.36. The smallest absolute Gasteiger partial charge is 0.305 e. The quantitative estimate of drug-likeness (QED) is 0.519. The fourth-order valence-electron chi connectivity index (χ4n) is 0.502. The molecule has 0 heterocycles. The summed E-state index contributed by atoms with van der Waals surface area (Å²) in [7, 11) is 0. The van der Waals surface area contributed by atoms with E-state index >= 15 is 0 Å². The van der Waals surface area contributed by atoms with Gasteiger partial charge in [0.2, 0.25) is 0 Å². The third-order valence-corrected chi connectivity index (χ3v) is 1.41. The first-order chi connectivity index (χ1) is 7.08. The van der Waals surface area contributed by atoms with Crippen molar-refractivity contribution in [3.05, 3.63) is 0 Å². The van der Waals surface area contributed by atoms with Crippen LogP contribution < -0.4 is 0 Å². The van der Waals surface area contributed by atoms with Crippen LogP contribution in [0.1, 0.15) is 39.5 Å². The van der Waals surface area contributed by atoms with Gasteiger partial charge in [0.1, 0.15) is 0 Å². The molecule has 0 saturated heterocycles. The highest BCUT2D eigenvalue weighted by Crippen LogP contribution is 1.90. The molecule has 0 aromatic heterocycles. The molecular formula is C10H20O5.